The number of nitrogens with one attached hydrogen (secondary N) is 1. The molecule has 1 aliphatic rings. The lowest BCUT2D eigenvalue weighted by atomic mass is 9.93. The van der Waals surface area contributed by atoms with Crippen LogP contribution in [-0.4, -0.2) is 41.1 Å². The molecule has 0 aliphatic carbocycles. The Kier molecular flexibility index (Phi) is 4.18. The van der Waals surface area contributed by atoms with Gasteiger partial charge in [-0.3, -0.25) is 9.69 Å². The molecular formula is C13H25FN2O. The minimum Gasteiger partial charge on any atom is -0.349 e. The van der Waals surface area contributed by atoms with Crippen LogP contribution in [0.2, 0.25) is 0 Å². The summed E-state index contributed by atoms with van der Waals surface area (Å²) in [6.07, 6.45) is -0.981. The van der Waals surface area contributed by atoms with Gasteiger partial charge in [0, 0.05) is 25.0 Å². The van der Waals surface area contributed by atoms with Crippen LogP contribution >= 0.6 is 0 Å². The van der Waals surface area contributed by atoms with Gasteiger partial charge in [-0.05, 0) is 26.7 Å². The molecule has 0 aromatic carbocycles. The third-order valence-electron chi connectivity index (χ3n) is 3.40. The fourth-order valence-electron chi connectivity index (χ4n) is 2.74. The predicted molar refractivity (Wildman–Crippen MR) is 67.6 cm³/mol. The molecule has 1 heterocycles. The maximum Gasteiger partial charge on any atom is 0.217 e. The average Bonchev–Trinajstić information content (AvgIpc) is 2.42. The van der Waals surface area contributed by atoms with Gasteiger partial charge in [0.2, 0.25) is 5.91 Å². The first-order chi connectivity index (χ1) is 7.64. The summed E-state index contributed by atoms with van der Waals surface area (Å²) in [6, 6.07) is -0.319. The summed E-state index contributed by atoms with van der Waals surface area (Å²) in [5.41, 5.74) is -0.0769. The first-order valence-corrected chi connectivity index (χ1v) is 6.32. The first kappa shape index (κ1) is 14.4. The maximum atomic E-state index is 14.1. The number of hydrogen-bond acceptors (Lipinski definition) is 2. The predicted octanol–water partition coefficient (Wildman–Crippen LogP) is 1.97. The smallest absolute Gasteiger partial charge is 0.217 e. The Hall–Kier alpha value is -0.640. The zero-order chi connectivity index (χ0) is 13.4. The molecule has 0 saturated carbocycles. The molecule has 2 unspecified atom stereocenters. The second-order valence-corrected chi connectivity index (χ2v) is 6.30. The minimum atomic E-state index is -0.981. The van der Waals surface area contributed by atoms with E-state index in [1.807, 2.05) is 0 Å². The van der Waals surface area contributed by atoms with Crippen molar-refractivity contribution in [3.05, 3.63) is 0 Å². The molecule has 0 spiro atoms. The Morgan fingerprint density at radius 1 is 1.41 bits per heavy atom. The third-order valence-corrected chi connectivity index (χ3v) is 3.40. The van der Waals surface area contributed by atoms with Gasteiger partial charge in [0.1, 0.15) is 6.17 Å². The second kappa shape index (κ2) is 4.92. The highest BCUT2D eigenvalue weighted by atomic mass is 19.1. The van der Waals surface area contributed by atoms with Gasteiger partial charge in [-0.1, -0.05) is 13.8 Å². The summed E-state index contributed by atoms with van der Waals surface area (Å²) in [5, 5.41) is 2.77. The van der Waals surface area contributed by atoms with E-state index in [2.05, 4.69) is 44.8 Å². The monoisotopic (exact) mass is 244 g/mol. The minimum absolute atomic E-state index is 0.0638. The van der Waals surface area contributed by atoms with Crippen LogP contribution in [0.4, 0.5) is 4.39 Å². The number of hydrogen-bond donors (Lipinski definition) is 1. The van der Waals surface area contributed by atoms with Crippen LogP contribution in [0.3, 0.4) is 0 Å². The lowest BCUT2D eigenvalue weighted by Gasteiger charge is -2.40. The summed E-state index contributed by atoms with van der Waals surface area (Å²) >= 11 is 0. The molecular weight excluding hydrogens is 219 g/mol. The Bertz CT molecular complexity index is 286. The topological polar surface area (TPSA) is 32.3 Å². The zero-order valence-corrected chi connectivity index (χ0v) is 11.7. The first-order valence-electron chi connectivity index (χ1n) is 6.32. The van der Waals surface area contributed by atoms with Crippen molar-refractivity contribution in [2.75, 3.05) is 6.54 Å². The number of amides is 1. The van der Waals surface area contributed by atoms with E-state index in [1.165, 1.54) is 6.92 Å². The van der Waals surface area contributed by atoms with Gasteiger partial charge in [-0.15, -0.1) is 0 Å². The Balaban J connectivity index is 2.94. The molecule has 0 aromatic rings. The van der Waals surface area contributed by atoms with Crippen molar-refractivity contribution in [2.24, 2.45) is 5.92 Å². The number of rotatable bonds is 2. The van der Waals surface area contributed by atoms with Gasteiger partial charge in [-0.2, -0.15) is 0 Å². The number of carbonyl (C=O) groups is 1. The Morgan fingerprint density at radius 2 is 1.94 bits per heavy atom. The number of likely N-dealkylation sites (tertiary alicyclic amines) is 1. The van der Waals surface area contributed by atoms with E-state index in [0.29, 0.717) is 12.5 Å². The van der Waals surface area contributed by atoms with Gasteiger partial charge < -0.3 is 5.32 Å². The van der Waals surface area contributed by atoms with Crippen molar-refractivity contribution in [1.29, 1.82) is 0 Å². The molecule has 0 radical (unpaired) electrons. The number of carbonyl (C=O) groups excluding carboxylic acids is 1. The summed E-state index contributed by atoms with van der Waals surface area (Å²) in [4.78, 5) is 13.3. The molecule has 1 amide bonds. The molecule has 1 aliphatic heterocycles. The third kappa shape index (κ3) is 3.18. The summed E-state index contributed by atoms with van der Waals surface area (Å²) in [6.45, 7) is 12.3. The summed E-state index contributed by atoms with van der Waals surface area (Å²) < 4.78 is 14.1. The Labute approximate surface area is 104 Å². The molecule has 17 heavy (non-hydrogen) atoms. The maximum absolute atomic E-state index is 14.1. The highest BCUT2D eigenvalue weighted by molar-refractivity contribution is 5.73. The van der Waals surface area contributed by atoms with Crippen LogP contribution < -0.4 is 5.32 Å². The van der Waals surface area contributed by atoms with Crippen LogP contribution in [-0.2, 0) is 4.79 Å². The quantitative estimate of drug-likeness (QED) is 0.805. The Morgan fingerprint density at radius 3 is 2.29 bits per heavy atom. The van der Waals surface area contributed by atoms with E-state index in [1.54, 1.807) is 0 Å². The summed E-state index contributed by atoms with van der Waals surface area (Å²) in [7, 11) is 0. The fraction of sp³-hybridized carbons (Fsp3) is 0.923. The molecule has 1 saturated heterocycles. The normalized spacial score (nSPS) is 30.9. The number of nitrogens with zero attached hydrogens (tertiary/aromatic N) is 1. The van der Waals surface area contributed by atoms with E-state index in [4.69, 9.17) is 0 Å². The van der Waals surface area contributed by atoms with Gasteiger partial charge in [0.25, 0.3) is 0 Å². The largest absolute Gasteiger partial charge is 0.349 e. The second-order valence-electron chi connectivity index (χ2n) is 6.30. The molecule has 100 valence electrons. The lowest BCUT2D eigenvalue weighted by molar-refractivity contribution is -0.120. The van der Waals surface area contributed by atoms with Crippen molar-refractivity contribution in [3.8, 4) is 0 Å². The van der Waals surface area contributed by atoms with E-state index in [0.717, 1.165) is 0 Å². The van der Waals surface area contributed by atoms with Gasteiger partial charge in [-0.25, -0.2) is 4.39 Å². The SMILES string of the molecule is CC(=O)NC1C(C(C)C)N(C(C)(C)C)C[C@@H]1F. The van der Waals surface area contributed by atoms with Crippen molar-refractivity contribution in [3.63, 3.8) is 0 Å². The molecule has 1 fully saturated rings. The molecule has 3 nitrogen and oxygen atoms in total. The van der Waals surface area contributed by atoms with Crippen molar-refractivity contribution in [1.82, 2.24) is 10.2 Å². The van der Waals surface area contributed by atoms with Gasteiger partial charge >= 0.3 is 0 Å². The molecule has 1 N–H and O–H groups in total. The highest BCUT2D eigenvalue weighted by Gasteiger charge is 2.47. The van der Waals surface area contributed by atoms with Crippen LogP contribution in [0.5, 0.6) is 0 Å². The van der Waals surface area contributed by atoms with Crippen molar-refractivity contribution < 1.29 is 9.18 Å². The van der Waals surface area contributed by atoms with Crippen molar-refractivity contribution in [2.45, 2.75) is 65.3 Å². The van der Waals surface area contributed by atoms with E-state index in [9.17, 15) is 9.18 Å². The van der Waals surface area contributed by atoms with Crippen LogP contribution in [0, 0.1) is 5.92 Å². The molecule has 1 rings (SSSR count). The number of alkyl halides is 1. The van der Waals surface area contributed by atoms with Gasteiger partial charge in [0.15, 0.2) is 0 Å². The highest BCUT2D eigenvalue weighted by Crippen LogP contribution is 2.32. The summed E-state index contributed by atoms with van der Waals surface area (Å²) in [5.74, 6) is 0.158. The van der Waals surface area contributed by atoms with Gasteiger partial charge in [0.05, 0.1) is 6.04 Å². The van der Waals surface area contributed by atoms with Crippen LogP contribution in [0.25, 0.3) is 0 Å². The number of halogens is 1. The van der Waals surface area contributed by atoms with Crippen LogP contribution in [0.1, 0.15) is 41.5 Å². The van der Waals surface area contributed by atoms with E-state index in [-0.39, 0.29) is 23.5 Å². The molecule has 4 heteroatoms. The molecule has 0 aromatic heterocycles. The standard InChI is InChI=1S/C13H25FN2O/c1-8(2)12-11(15-9(3)17)10(14)7-16(12)13(4,5)6/h8,10-12H,7H2,1-6H3,(H,15,17)/t10-,11?,12?/m0/s1. The average molecular weight is 244 g/mol. The van der Waals surface area contributed by atoms with Crippen molar-refractivity contribution >= 4 is 5.91 Å². The lowest BCUT2D eigenvalue weighted by Crippen LogP contribution is -2.53. The van der Waals surface area contributed by atoms with Crippen LogP contribution in [0.15, 0.2) is 0 Å². The molecule has 3 atom stereocenters. The zero-order valence-electron chi connectivity index (χ0n) is 11.7. The molecule has 0 bridgehead atoms. The van der Waals surface area contributed by atoms with E-state index < -0.39 is 6.17 Å². The fourth-order valence-corrected chi connectivity index (χ4v) is 2.74. The van der Waals surface area contributed by atoms with E-state index >= 15 is 0 Å².